The minimum absolute atomic E-state index is 0. The van der Waals surface area contributed by atoms with Gasteiger partial charge in [0.1, 0.15) is 23.0 Å². The Hall–Kier alpha value is -1.93. The topological polar surface area (TPSA) is 84.9 Å². The Morgan fingerprint density at radius 2 is 1.71 bits per heavy atom. The monoisotopic (exact) mass is 584 g/mol. The number of carbonyl (C=O) groups is 2. The SMILES string of the molecule is CCOc1cc(Cl)c(Cl)cc1CCCC(=O)c1ccc(Oc2cc3c(cc2Cl)C(C(=O)[O-])CCO3)cc1.[Na+]. The molecule has 1 aliphatic heterocycles. The number of aliphatic carboxylic acids is 1. The summed E-state index contributed by atoms with van der Waals surface area (Å²) in [6, 6.07) is 13.3. The summed E-state index contributed by atoms with van der Waals surface area (Å²) in [4.78, 5) is 24.1. The van der Waals surface area contributed by atoms with Gasteiger partial charge in [-0.2, -0.15) is 0 Å². The summed E-state index contributed by atoms with van der Waals surface area (Å²) in [7, 11) is 0. The van der Waals surface area contributed by atoms with E-state index in [0.717, 1.165) is 5.56 Å². The van der Waals surface area contributed by atoms with E-state index in [0.29, 0.717) is 76.5 Å². The maximum Gasteiger partial charge on any atom is 1.00 e. The molecule has 0 radical (unpaired) electrons. The average molecular weight is 586 g/mol. The van der Waals surface area contributed by atoms with E-state index in [-0.39, 0.29) is 47.0 Å². The number of benzene rings is 3. The van der Waals surface area contributed by atoms with Gasteiger partial charge in [0.15, 0.2) is 5.78 Å². The molecule has 1 heterocycles. The zero-order chi connectivity index (χ0) is 26.5. The van der Waals surface area contributed by atoms with Crippen LogP contribution in [-0.2, 0) is 11.2 Å². The van der Waals surface area contributed by atoms with Crippen LogP contribution in [0, 0.1) is 0 Å². The van der Waals surface area contributed by atoms with Gasteiger partial charge in [-0.3, -0.25) is 4.79 Å². The molecule has 0 saturated heterocycles. The van der Waals surface area contributed by atoms with E-state index >= 15 is 0 Å². The Bertz CT molecular complexity index is 1310. The number of ether oxygens (including phenoxy) is 3. The molecule has 10 heteroatoms. The van der Waals surface area contributed by atoms with Crippen LogP contribution in [0.25, 0.3) is 0 Å². The molecule has 0 spiro atoms. The second-order valence-corrected chi connectivity index (χ2v) is 9.76. The molecular formula is C28H24Cl3NaO6. The Morgan fingerprint density at radius 3 is 2.39 bits per heavy atom. The Balaban J connectivity index is 0.00000400. The number of halogens is 3. The first-order chi connectivity index (χ1) is 17.8. The van der Waals surface area contributed by atoms with Crippen molar-refractivity contribution >= 4 is 46.6 Å². The van der Waals surface area contributed by atoms with Crippen molar-refractivity contribution in [3.63, 3.8) is 0 Å². The van der Waals surface area contributed by atoms with Gasteiger partial charge in [-0.15, -0.1) is 0 Å². The molecule has 0 saturated carbocycles. The Morgan fingerprint density at radius 1 is 1.00 bits per heavy atom. The minimum Gasteiger partial charge on any atom is -0.549 e. The summed E-state index contributed by atoms with van der Waals surface area (Å²) in [5.41, 5.74) is 1.94. The van der Waals surface area contributed by atoms with Crippen molar-refractivity contribution in [1.29, 1.82) is 0 Å². The minimum atomic E-state index is -1.17. The van der Waals surface area contributed by atoms with E-state index in [4.69, 9.17) is 49.0 Å². The summed E-state index contributed by atoms with van der Waals surface area (Å²) < 4.78 is 17.1. The number of Topliss-reactive ketones (excluding diaryl/α,β-unsaturated/α-hetero) is 1. The third-order valence-corrected chi connectivity index (χ3v) is 7.06. The van der Waals surface area contributed by atoms with Gasteiger partial charge in [0.2, 0.25) is 0 Å². The summed E-state index contributed by atoms with van der Waals surface area (Å²) in [6.07, 6.45) is 1.91. The van der Waals surface area contributed by atoms with Gasteiger partial charge in [-0.1, -0.05) is 34.8 Å². The quantitative estimate of drug-likeness (QED) is 0.267. The van der Waals surface area contributed by atoms with E-state index < -0.39 is 11.9 Å². The molecule has 194 valence electrons. The maximum atomic E-state index is 12.7. The third kappa shape index (κ3) is 7.38. The average Bonchev–Trinajstić information content (AvgIpc) is 2.87. The molecule has 0 bridgehead atoms. The fourth-order valence-corrected chi connectivity index (χ4v) is 4.74. The van der Waals surface area contributed by atoms with E-state index in [1.807, 2.05) is 6.92 Å². The largest absolute Gasteiger partial charge is 1.00 e. The van der Waals surface area contributed by atoms with Crippen LogP contribution in [0.4, 0.5) is 0 Å². The van der Waals surface area contributed by atoms with Crippen molar-refractivity contribution in [2.45, 2.75) is 38.5 Å². The molecule has 38 heavy (non-hydrogen) atoms. The Labute approximate surface area is 258 Å². The fraction of sp³-hybridized carbons (Fsp3) is 0.286. The molecule has 6 nitrogen and oxygen atoms in total. The number of carboxylic acid groups (broad SMARTS) is 1. The number of hydrogen-bond acceptors (Lipinski definition) is 6. The zero-order valence-electron chi connectivity index (χ0n) is 21.0. The van der Waals surface area contributed by atoms with Crippen LogP contribution in [0.3, 0.4) is 0 Å². The van der Waals surface area contributed by atoms with Crippen molar-refractivity contribution in [2.75, 3.05) is 13.2 Å². The predicted octanol–water partition coefficient (Wildman–Crippen LogP) is 3.66. The van der Waals surface area contributed by atoms with Gasteiger partial charge in [0, 0.05) is 41.6 Å². The number of carbonyl (C=O) groups excluding carboxylic acids is 2. The van der Waals surface area contributed by atoms with Gasteiger partial charge in [0.25, 0.3) is 0 Å². The molecule has 4 rings (SSSR count). The smallest absolute Gasteiger partial charge is 0.549 e. The van der Waals surface area contributed by atoms with Crippen LogP contribution in [0.1, 0.15) is 53.6 Å². The number of ketones is 1. The van der Waals surface area contributed by atoms with E-state index in [1.165, 1.54) is 6.07 Å². The first-order valence-electron chi connectivity index (χ1n) is 11.9. The first kappa shape index (κ1) is 30.6. The van der Waals surface area contributed by atoms with Crippen LogP contribution in [0.15, 0.2) is 48.5 Å². The van der Waals surface area contributed by atoms with Crippen molar-refractivity contribution in [3.05, 3.63) is 80.3 Å². The normalized spacial score (nSPS) is 14.1. The van der Waals surface area contributed by atoms with E-state index in [2.05, 4.69) is 0 Å². The second kappa shape index (κ2) is 13.9. The molecule has 0 N–H and O–H groups in total. The molecule has 1 aliphatic rings. The van der Waals surface area contributed by atoms with Crippen molar-refractivity contribution in [2.24, 2.45) is 0 Å². The number of hydrogen-bond donors (Lipinski definition) is 0. The van der Waals surface area contributed by atoms with Gasteiger partial charge < -0.3 is 24.1 Å². The van der Waals surface area contributed by atoms with Gasteiger partial charge in [-0.25, -0.2) is 0 Å². The van der Waals surface area contributed by atoms with Crippen molar-refractivity contribution in [1.82, 2.24) is 0 Å². The van der Waals surface area contributed by atoms with Crippen molar-refractivity contribution < 1.29 is 58.5 Å². The number of aryl methyl sites for hydroxylation is 1. The second-order valence-electron chi connectivity index (χ2n) is 8.54. The molecule has 1 unspecified atom stereocenters. The molecule has 0 aromatic heterocycles. The predicted molar refractivity (Wildman–Crippen MR) is 141 cm³/mol. The maximum absolute atomic E-state index is 12.7. The molecule has 1 atom stereocenters. The molecule has 0 amide bonds. The van der Waals surface area contributed by atoms with Gasteiger partial charge in [0.05, 0.1) is 28.3 Å². The number of fused-ring (bicyclic) bond motifs is 1. The van der Waals surface area contributed by atoms with E-state index in [9.17, 15) is 14.7 Å². The van der Waals surface area contributed by atoms with Crippen LogP contribution >= 0.6 is 34.8 Å². The van der Waals surface area contributed by atoms with Crippen LogP contribution in [0.2, 0.25) is 15.1 Å². The molecule has 0 fully saturated rings. The summed E-state index contributed by atoms with van der Waals surface area (Å²) in [5, 5.41) is 12.5. The van der Waals surface area contributed by atoms with Crippen molar-refractivity contribution in [3.8, 4) is 23.0 Å². The first-order valence-corrected chi connectivity index (χ1v) is 13.0. The third-order valence-electron chi connectivity index (χ3n) is 6.05. The van der Waals surface area contributed by atoms with Gasteiger partial charge in [-0.05, 0) is 68.1 Å². The fourth-order valence-electron chi connectivity index (χ4n) is 4.19. The summed E-state index contributed by atoms with van der Waals surface area (Å²) >= 11 is 18.6. The molecule has 0 aliphatic carbocycles. The summed E-state index contributed by atoms with van der Waals surface area (Å²) in [6.45, 7) is 2.66. The molecular weight excluding hydrogens is 562 g/mol. The molecule has 3 aromatic rings. The van der Waals surface area contributed by atoms with Crippen LogP contribution in [-0.4, -0.2) is 25.0 Å². The molecule has 3 aromatic carbocycles. The van der Waals surface area contributed by atoms with Crippen LogP contribution in [0.5, 0.6) is 23.0 Å². The zero-order valence-corrected chi connectivity index (χ0v) is 25.3. The Kier molecular flexibility index (Phi) is 11.2. The van der Waals surface area contributed by atoms with Crippen LogP contribution < -0.4 is 48.9 Å². The standard InChI is InChI=1S/C28H25Cl3O6.Na/c1-2-35-25-14-22(30)21(29)12-17(25)4-3-5-24(32)16-6-8-18(9-7-16)37-27-15-26-20(13-23(27)31)19(28(33)34)10-11-36-26;/h6-9,12-15,19H,2-5,10-11H2,1H3,(H,33,34);/q;+1/p-1. The summed E-state index contributed by atoms with van der Waals surface area (Å²) in [5.74, 6) is -0.0660. The number of rotatable bonds is 10. The van der Waals surface area contributed by atoms with Gasteiger partial charge >= 0.3 is 29.6 Å². The number of carboxylic acids is 1. The van der Waals surface area contributed by atoms with E-state index in [1.54, 1.807) is 42.5 Å².